The molecule has 0 atom stereocenters. The Bertz CT molecular complexity index is 628. The molecule has 18 heavy (non-hydrogen) atoms. The zero-order valence-corrected chi connectivity index (χ0v) is 9.53. The van der Waals surface area contributed by atoms with Crippen molar-refractivity contribution < 1.29 is 17.6 Å². The number of anilines is 1. The van der Waals surface area contributed by atoms with Gasteiger partial charge < -0.3 is 5.73 Å². The van der Waals surface area contributed by atoms with Gasteiger partial charge in [-0.15, -0.1) is 0 Å². The summed E-state index contributed by atoms with van der Waals surface area (Å²) in [6, 6.07) is 3.54. The molecule has 0 unspecified atom stereocenters. The first-order valence-electron chi connectivity index (χ1n) is 4.80. The van der Waals surface area contributed by atoms with Crippen molar-refractivity contribution in [3.63, 3.8) is 0 Å². The normalized spacial score (nSPS) is 10.7. The van der Waals surface area contributed by atoms with E-state index >= 15 is 0 Å². The first kappa shape index (κ1) is 12.7. The van der Waals surface area contributed by atoms with E-state index in [0.29, 0.717) is 0 Å². The highest BCUT2D eigenvalue weighted by Gasteiger charge is 2.18. The topological polar surface area (TPSA) is 26.0 Å². The molecule has 6 heteroatoms. The van der Waals surface area contributed by atoms with Crippen LogP contribution in [0.15, 0.2) is 24.3 Å². The Morgan fingerprint density at radius 3 is 2.22 bits per heavy atom. The molecule has 0 fully saturated rings. The van der Waals surface area contributed by atoms with Gasteiger partial charge in [0.2, 0.25) is 0 Å². The third-order valence-electron chi connectivity index (χ3n) is 2.42. The summed E-state index contributed by atoms with van der Waals surface area (Å²) in [4.78, 5) is 0. The number of hydrogen-bond donors (Lipinski definition) is 1. The molecule has 94 valence electrons. The molecule has 0 saturated carbocycles. The Balaban J connectivity index is 2.74. The first-order chi connectivity index (χ1) is 8.41. The lowest BCUT2D eigenvalue weighted by Gasteiger charge is -2.09. The molecular weight excluding hydrogens is 270 g/mol. The average molecular weight is 276 g/mol. The molecule has 0 amide bonds. The molecule has 2 aromatic carbocycles. The highest BCUT2D eigenvalue weighted by Crippen LogP contribution is 2.35. The Morgan fingerprint density at radius 1 is 0.889 bits per heavy atom. The SMILES string of the molecule is Nc1c(Cl)cc(F)cc1-c1ccc(F)c(F)c1F. The molecule has 2 aromatic rings. The summed E-state index contributed by atoms with van der Waals surface area (Å²) in [6.07, 6.45) is 0. The highest BCUT2D eigenvalue weighted by molar-refractivity contribution is 6.33. The van der Waals surface area contributed by atoms with Crippen molar-refractivity contribution in [2.45, 2.75) is 0 Å². The molecule has 0 aliphatic rings. The van der Waals surface area contributed by atoms with E-state index in [1.807, 2.05) is 0 Å². The summed E-state index contributed by atoms with van der Waals surface area (Å²) in [5.41, 5.74) is 4.97. The van der Waals surface area contributed by atoms with Crippen molar-refractivity contribution >= 4 is 17.3 Å². The molecule has 0 radical (unpaired) electrons. The van der Waals surface area contributed by atoms with Gasteiger partial charge >= 0.3 is 0 Å². The quantitative estimate of drug-likeness (QED) is 0.472. The van der Waals surface area contributed by atoms with Crippen LogP contribution in [0.2, 0.25) is 5.02 Å². The van der Waals surface area contributed by atoms with Crippen molar-refractivity contribution in [1.82, 2.24) is 0 Å². The molecule has 0 spiro atoms. The Morgan fingerprint density at radius 2 is 1.56 bits per heavy atom. The maximum absolute atomic E-state index is 13.6. The largest absolute Gasteiger partial charge is 0.397 e. The van der Waals surface area contributed by atoms with Gasteiger partial charge in [-0.1, -0.05) is 11.6 Å². The molecule has 0 aliphatic carbocycles. The Labute approximate surface area is 105 Å². The summed E-state index contributed by atoms with van der Waals surface area (Å²) >= 11 is 5.64. The number of benzene rings is 2. The molecule has 0 saturated heterocycles. The number of nitrogen functional groups attached to an aromatic ring is 1. The van der Waals surface area contributed by atoms with E-state index in [4.69, 9.17) is 17.3 Å². The molecule has 0 aromatic heterocycles. The fourth-order valence-corrected chi connectivity index (χ4v) is 1.75. The van der Waals surface area contributed by atoms with Crippen molar-refractivity contribution in [2.24, 2.45) is 0 Å². The summed E-state index contributed by atoms with van der Waals surface area (Å²) in [5.74, 6) is -5.18. The van der Waals surface area contributed by atoms with E-state index in [0.717, 1.165) is 24.3 Å². The van der Waals surface area contributed by atoms with Crippen LogP contribution in [0, 0.1) is 23.3 Å². The van der Waals surface area contributed by atoms with E-state index in [1.165, 1.54) is 0 Å². The van der Waals surface area contributed by atoms with E-state index < -0.39 is 23.3 Å². The minimum Gasteiger partial charge on any atom is -0.397 e. The molecule has 2 rings (SSSR count). The van der Waals surface area contributed by atoms with E-state index in [2.05, 4.69) is 0 Å². The van der Waals surface area contributed by atoms with Crippen molar-refractivity contribution in [2.75, 3.05) is 5.73 Å². The Hall–Kier alpha value is -1.75. The van der Waals surface area contributed by atoms with E-state index in [-0.39, 0.29) is 21.8 Å². The van der Waals surface area contributed by atoms with Crippen molar-refractivity contribution in [1.29, 1.82) is 0 Å². The van der Waals surface area contributed by atoms with E-state index in [9.17, 15) is 17.6 Å². The minimum atomic E-state index is -1.65. The first-order valence-corrected chi connectivity index (χ1v) is 5.18. The summed E-state index contributed by atoms with van der Waals surface area (Å²) in [6.45, 7) is 0. The van der Waals surface area contributed by atoms with Gasteiger partial charge in [0.05, 0.1) is 10.7 Å². The average Bonchev–Trinajstić information content (AvgIpc) is 2.31. The monoisotopic (exact) mass is 275 g/mol. The lowest BCUT2D eigenvalue weighted by molar-refractivity contribution is 0.449. The number of rotatable bonds is 1. The summed E-state index contributed by atoms with van der Waals surface area (Å²) < 4.78 is 52.6. The molecule has 0 heterocycles. The van der Waals surface area contributed by atoms with Crippen LogP contribution in [0.5, 0.6) is 0 Å². The third-order valence-corrected chi connectivity index (χ3v) is 2.73. The van der Waals surface area contributed by atoms with Crippen LogP contribution in [-0.4, -0.2) is 0 Å². The van der Waals surface area contributed by atoms with Gasteiger partial charge in [0, 0.05) is 11.1 Å². The van der Waals surface area contributed by atoms with Crippen molar-refractivity contribution in [3.05, 3.63) is 52.6 Å². The van der Waals surface area contributed by atoms with E-state index in [1.54, 1.807) is 0 Å². The lowest BCUT2D eigenvalue weighted by Crippen LogP contribution is -1.98. The van der Waals surface area contributed by atoms with Crippen molar-refractivity contribution in [3.8, 4) is 11.1 Å². The standard InChI is InChI=1S/C12H6ClF4N/c13-8-4-5(14)3-7(12(8)18)6-1-2-9(15)11(17)10(6)16/h1-4H,18H2. The van der Waals surface area contributed by atoms with Crippen LogP contribution < -0.4 is 5.73 Å². The smallest absolute Gasteiger partial charge is 0.195 e. The number of hydrogen-bond acceptors (Lipinski definition) is 1. The van der Waals surface area contributed by atoms with Crippen LogP contribution in [0.3, 0.4) is 0 Å². The van der Waals surface area contributed by atoms with Gasteiger partial charge in [-0.3, -0.25) is 0 Å². The van der Waals surface area contributed by atoms with Gasteiger partial charge in [0.1, 0.15) is 5.82 Å². The second-order valence-corrected chi connectivity index (χ2v) is 3.98. The number of nitrogens with two attached hydrogens (primary N) is 1. The molecular formula is C12H6ClF4N. The fourth-order valence-electron chi connectivity index (χ4n) is 1.54. The fraction of sp³-hybridized carbons (Fsp3) is 0. The summed E-state index contributed by atoms with van der Waals surface area (Å²) in [5, 5.41) is -0.130. The summed E-state index contributed by atoms with van der Waals surface area (Å²) in [7, 11) is 0. The lowest BCUT2D eigenvalue weighted by atomic mass is 10.0. The second kappa shape index (κ2) is 4.49. The van der Waals surface area contributed by atoms with Crippen LogP contribution >= 0.6 is 11.6 Å². The zero-order valence-electron chi connectivity index (χ0n) is 8.78. The predicted molar refractivity (Wildman–Crippen MR) is 61.1 cm³/mol. The maximum Gasteiger partial charge on any atom is 0.195 e. The molecule has 0 aliphatic heterocycles. The third kappa shape index (κ3) is 2.01. The van der Waals surface area contributed by atoms with Gasteiger partial charge in [0.15, 0.2) is 17.5 Å². The number of halogens is 5. The second-order valence-electron chi connectivity index (χ2n) is 3.57. The molecule has 2 N–H and O–H groups in total. The minimum absolute atomic E-state index is 0.108. The van der Waals surface area contributed by atoms with Gasteiger partial charge in [-0.2, -0.15) is 0 Å². The Kier molecular flexibility index (Phi) is 3.17. The van der Waals surface area contributed by atoms with Crippen LogP contribution in [0.4, 0.5) is 23.2 Å². The molecule has 1 nitrogen and oxygen atoms in total. The predicted octanol–water partition coefficient (Wildman–Crippen LogP) is 4.15. The van der Waals surface area contributed by atoms with Crippen LogP contribution in [0.25, 0.3) is 11.1 Å². The van der Waals surface area contributed by atoms with Crippen LogP contribution in [0.1, 0.15) is 0 Å². The van der Waals surface area contributed by atoms with Gasteiger partial charge in [-0.25, -0.2) is 17.6 Å². The highest BCUT2D eigenvalue weighted by atomic mass is 35.5. The maximum atomic E-state index is 13.6. The van der Waals surface area contributed by atoms with Crippen LogP contribution in [-0.2, 0) is 0 Å². The van der Waals surface area contributed by atoms with Gasteiger partial charge in [0.25, 0.3) is 0 Å². The van der Waals surface area contributed by atoms with Gasteiger partial charge in [-0.05, 0) is 24.3 Å². The molecule has 0 bridgehead atoms. The zero-order chi connectivity index (χ0) is 13.4.